The van der Waals surface area contributed by atoms with Crippen LogP contribution in [0.1, 0.15) is 11.1 Å². The molecule has 30 heavy (non-hydrogen) atoms. The number of hydrogen-bond acceptors (Lipinski definition) is 8. The molecule has 0 saturated carbocycles. The van der Waals surface area contributed by atoms with Crippen LogP contribution in [0.2, 0.25) is 0 Å². The van der Waals surface area contributed by atoms with Gasteiger partial charge in [0.1, 0.15) is 23.6 Å². The van der Waals surface area contributed by atoms with Crippen molar-refractivity contribution < 1.29 is 10.2 Å². The van der Waals surface area contributed by atoms with Crippen LogP contribution < -0.4 is 9.80 Å². The first-order chi connectivity index (χ1) is 14.3. The minimum Gasteiger partial charge on any atom is -0.507 e. The number of nitriles is 2. The Hall–Kier alpha value is -4.30. The van der Waals surface area contributed by atoms with Crippen LogP contribution in [0.15, 0.2) is 57.8 Å². The number of hydrogen-bond donors (Lipinski definition) is 2. The SMILES string of the molecule is CN(C)c1ccc(C=NC(C#N)=C(C#N)N=Cc2ccc(N(C)C)cc2O)c(O)c1. The molecule has 0 radical (unpaired) electrons. The lowest BCUT2D eigenvalue weighted by Crippen LogP contribution is -2.08. The van der Waals surface area contributed by atoms with Crippen molar-refractivity contribution in [1.29, 1.82) is 10.5 Å². The lowest BCUT2D eigenvalue weighted by Gasteiger charge is -2.13. The number of aromatic hydroxyl groups is 2. The maximum atomic E-state index is 10.1. The summed E-state index contributed by atoms with van der Waals surface area (Å²) in [5.41, 5.74) is 1.98. The van der Waals surface area contributed by atoms with Crippen molar-refractivity contribution in [3.05, 3.63) is 58.9 Å². The molecule has 0 saturated heterocycles. The highest BCUT2D eigenvalue weighted by atomic mass is 16.3. The summed E-state index contributed by atoms with van der Waals surface area (Å²) in [6, 6.07) is 13.7. The van der Waals surface area contributed by atoms with Gasteiger partial charge in [-0.3, -0.25) is 0 Å². The fourth-order valence-corrected chi connectivity index (χ4v) is 2.39. The molecular formula is C22H22N6O2. The van der Waals surface area contributed by atoms with Crippen LogP contribution in [0.3, 0.4) is 0 Å². The molecule has 0 unspecified atom stereocenters. The molecule has 2 rings (SSSR count). The van der Waals surface area contributed by atoms with Gasteiger partial charge in [0.2, 0.25) is 0 Å². The highest BCUT2D eigenvalue weighted by Crippen LogP contribution is 2.24. The number of benzene rings is 2. The third-order valence-corrected chi connectivity index (χ3v) is 4.16. The molecule has 2 aromatic rings. The molecule has 0 aliphatic carbocycles. The minimum atomic E-state index is -0.214. The van der Waals surface area contributed by atoms with Crippen LogP contribution in [0.25, 0.3) is 0 Å². The van der Waals surface area contributed by atoms with E-state index in [1.54, 1.807) is 36.4 Å². The van der Waals surface area contributed by atoms with Gasteiger partial charge < -0.3 is 20.0 Å². The zero-order valence-electron chi connectivity index (χ0n) is 17.2. The Kier molecular flexibility index (Phi) is 7.16. The number of rotatable bonds is 6. The van der Waals surface area contributed by atoms with E-state index < -0.39 is 0 Å². The summed E-state index contributed by atoms with van der Waals surface area (Å²) in [5, 5.41) is 39.0. The first kappa shape index (κ1) is 22.0. The molecule has 8 heteroatoms. The van der Waals surface area contributed by atoms with Gasteiger partial charge in [-0.05, 0) is 24.3 Å². The van der Waals surface area contributed by atoms with Crippen LogP contribution >= 0.6 is 0 Å². The van der Waals surface area contributed by atoms with Gasteiger partial charge in [-0.1, -0.05) is 0 Å². The predicted molar refractivity (Wildman–Crippen MR) is 118 cm³/mol. The predicted octanol–water partition coefficient (Wildman–Crippen LogP) is 3.03. The highest BCUT2D eigenvalue weighted by molar-refractivity contribution is 5.87. The van der Waals surface area contributed by atoms with Crippen LogP contribution in [-0.2, 0) is 0 Å². The van der Waals surface area contributed by atoms with Crippen LogP contribution in [0.4, 0.5) is 11.4 Å². The van der Waals surface area contributed by atoms with Crippen LogP contribution in [0.5, 0.6) is 11.5 Å². The Morgan fingerprint density at radius 1 is 0.767 bits per heavy atom. The minimum absolute atomic E-state index is 0.00449. The Balaban J connectivity index is 2.33. The number of phenolic OH excluding ortho intramolecular Hbond substituents is 2. The van der Waals surface area contributed by atoms with Crippen LogP contribution in [-0.4, -0.2) is 50.8 Å². The Bertz CT molecular complexity index is 1010. The van der Waals surface area contributed by atoms with Gasteiger partial charge >= 0.3 is 0 Å². The topological polar surface area (TPSA) is 119 Å². The van der Waals surface area contributed by atoms with Gasteiger partial charge in [-0.15, -0.1) is 0 Å². The van der Waals surface area contributed by atoms with E-state index in [4.69, 9.17) is 0 Å². The molecule has 2 aromatic carbocycles. The summed E-state index contributed by atoms with van der Waals surface area (Å²) in [6.45, 7) is 0. The second-order valence-electron chi connectivity index (χ2n) is 6.71. The molecule has 0 spiro atoms. The third-order valence-electron chi connectivity index (χ3n) is 4.16. The van der Waals surface area contributed by atoms with E-state index in [9.17, 15) is 20.7 Å². The van der Waals surface area contributed by atoms with E-state index in [1.165, 1.54) is 12.4 Å². The lowest BCUT2D eigenvalue weighted by atomic mass is 10.2. The zero-order chi connectivity index (χ0) is 22.3. The molecule has 0 atom stereocenters. The van der Waals surface area contributed by atoms with E-state index >= 15 is 0 Å². The third kappa shape index (κ3) is 5.37. The second-order valence-corrected chi connectivity index (χ2v) is 6.71. The molecule has 0 aliphatic rings. The molecule has 0 aromatic heterocycles. The van der Waals surface area contributed by atoms with Crippen molar-refractivity contribution in [1.82, 2.24) is 0 Å². The molecule has 0 bridgehead atoms. The van der Waals surface area contributed by atoms with Crippen molar-refractivity contribution in [2.24, 2.45) is 9.98 Å². The molecule has 152 valence electrons. The average Bonchev–Trinajstić information content (AvgIpc) is 2.71. The zero-order valence-corrected chi connectivity index (χ0v) is 17.2. The van der Waals surface area contributed by atoms with E-state index in [1.807, 2.05) is 50.1 Å². The van der Waals surface area contributed by atoms with Gasteiger partial charge in [0.05, 0.1) is 0 Å². The summed E-state index contributed by atoms with van der Waals surface area (Å²) in [4.78, 5) is 11.7. The van der Waals surface area contributed by atoms with Crippen molar-refractivity contribution in [3.63, 3.8) is 0 Å². The lowest BCUT2D eigenvalue weighted by molar-refractivity contribution is 0.474. The first-order valence-corrected chi connectivity index (χ1v) is 8.90. The van der Waals surface area contributed by atoms with Crippen molar-refractivity contribution in [2.45, 2.75) is 0 Å². The van der Waals surface area contributed by atoms with Crippen molar-refractivity contribution in [3.8, 4) is 23.6 Å². The van der Waals surface area contributed by atoms with Gasteiger partial charge in [-0.2, -0.15) is 10.5 Å². The van der Waals surface area contributed by atoms with Gasteiger partial charge in [0, 0.05) is 75.3 Å². The number of allylic oxidation sites excluding steroid dienone is 2. The van der Waals surface area contributed by atoms with E-state index in [-0.39, 0.29) is 22.9 Å². The van der Waals surface area contributed by atoms with Crippen molar-refractivity contribution in [2.75, 3.05) is 38.0 Å². The van der Waals surface area contributed by atoms with E-state index in [0.717, 1.165) is 11.4 Å². The fourth-order valence-electron chi connectivity index (χ4n) is 2.39. The van der Waals surface area contributed by atoms with Crippen molar-refractivity contribution >= 4 is 23.8 Å². The molecule has 0 fully saturated rings. The largest absolute Gasteiger partial charge is 0.507 e. The van der Waals surface area contributed by atoms with E-state index in [0.29, 0.717) is 11.1 Å². The fraction of sp³-hybridized carbons (Fsp3) is 0.182. The molecule has 0 aliphatic heterocycles. The second kappa shape index (κ2) is 9.76. The summed E-state index contributed by atoms with van der Waals surface area (Å²) < 4.78 is 0. The van der Waals surface area contributed by atoms with E-state index in [2.05, 4.69) is 9.98 Å². The van der Waals surface area contributed by atoms with Crippen LogP contribution in [0, 0.1) is 22.7 Å². The normalized spacial score (nSPS) is 11.8. The van der Waals surface area contributed by atoms with Gasteiger partial charge in [0.25, 0.3) is 0 Å². The summed E-state index contributed by atoms with van der Waals surface area (Å²) in [6.07, 6.45) is 2.59. The molecule has 0 amide bonds. The quantitative estimate of drug-likeness (QED) is 0.566. The summed E-state index contributed by atoms with van der Waals surface area (Å²) >= 11 is 0. The average molecular weight is 402 g/mol. The Labute approximate surface area is 175 Å². The number of phenols is 2. The van der Waals surface area contributed by atoms with Gasteiger partial charge in [0.15, 0.2) is 11.4 Å². The number of anilines is 2. The Morgan fingerprint density at radius 3 is 1.40 bits per heavy atom. The smallest absolute Gasteiger partial charge is 0.176 e. The molecular weight excluding hydrogens is 380 g/mol. The standard InChI is InChI=1S/C22H22N6O2/c1-27(2)17-7-5-15(21(29)9-17)13-25-19(11-23)20(12-24)26-14-16-6-8-18(28(3)4)10-22(16)30/h5-10,13-14,29-30H,1-4H3. The maximum absolute atomic E-state index is 10.1. The summed E-state index contributed by atoms with van der Waals surface area (Å²) in [5.74, 6) is -0.00898. The van der Waals surface area contributed by atoms with Gasteiger partial charge in [-0.25, -0.2) is 9.98 Å². The monoisotopic (exact) mass is 402 g/mol. The summed E-state index contributed by atoms with van der Waals surface area (Å²) in [7, 11) is 7.40. The molecule has 0 heterocycles. The highest BCUT2D eigenvalue weighted by Gasteiger charge is 2.07. The number of nitrogens with zero attached hydrogens (tertiary/aromatic N) is 6. The maximum Gasteiger partial charge on any atom is 0.176 e. The Morgan fingerprint density at radius 2 is 1.13 bits per heavy atom. The first-order valence-electron chi connectivity index (χ1n) is 8.90. The molecule has 2 N–H and O–H groups in total. The number of aliphatic imine (C=N–C) groups is 2. The molecule has 8 nitrogen and oxygen atoms in total.